The van der Waals surface area contributed by atoms with Crippen LogP contribution in [0.25, 0.3) is 0 Å². The molecule has 0 fully saturated rings. The molecule has 116 valence electrons. The number of halogens is 1. The minimum absolute atomic E-state index is 0.0108. The van der Waals surface area contributed by atoms with E-state index >= 15 is 0 Å². The molecule has 6 heteroatoms. The molecule has 1 amide bonds. The van der Waals surface area contributed by atoms with Crippen molar-refractivity contribution in [1.29, 1.82) is 0 Å². The van der Waals surface area contributed by atoms with E-state index in [9.17, 15) is 4.79 Å². The highest BCUT2D eigenvalue weighted by Crippen LogP contribution is 2.39. The summed E-state index contributed by atoms with van der Waals surface area (Å²) in [6, 6.07) is 8.02. The lowest BCUT2D eigenvalue weighted by Gasteiger charge is -2.26. The lowest BCUT2D eigenvalue weighted by atomic mass is 9.99. The molecule has 1 aliphatic rings. The molecular formula is C16H18BrN3O2. The van der Waals surface area contributed by atoms with Gasteiger partial charge >= 0.3 is 0 Å². The van der Waals surface area contributed by atoms with Crippen molar-refractivity contribution >= 4 is 21.8 Å². The monoisotopic (exact) mass is 363 g/mol. The average molecular weight is 364 g/mol. The highest BCUT2D eigenvalue weighted by molar-refractivity contribution is 9.10. The number of rotatable bonds is 5. The average Bonchev–Trinajstić information content (AvgIpc) is 3.01. The summed E-state index contributed by atoms with van der Waals surface area (Å²) in [7, 11) is 1.67. The topological polar surface area (TPSA) is 58.2 Å². The number of ether oxygens (including phenoxy) is 1. The van der Waals surface area contributed by atoms with Crippen LogP contribution in [0.4, 0.5) is 0 Å². The lowest BCUT2D eigenvalue weighted by Crippen LogP contribution is -2.31. The number of nitrogens with zero attached hydrogens (tertiary/aromatic N) is 2. The van der Waals surface area contributed by atoms with Gasteiger partial charge in [0.05, 0.1) is 6.04 Å². The highest BCUT2D eigenvalue weighted by atomic mass is 79.9. The number of carbonyl (C=O) groups excluding carboxylic acids is 1. The van der Waals surface area contributed by atoms with E-state index < -0.39 is 0 Å². The Hall–Kier alpha value is -1.66. The second-order valence-electron chi connectivity index (χ2n) is 5.41. The maximum Gasteiger partial charge on any atom is 0.275 e. The molecule has 1 unspecified atom stereocenters. The van der Waals surface area contributed by atoms with Crippen LogP contribution in [0.2, 0.25) is 0 Å². The third-order valence-electron chi connectivity index (χ3n) is 3.98. The number of hydrogen-bond acceptors (Lipinski definition) is 3. The molecular weight excluding hydrogens is 346 g/mol. The first-order valence-electron chi connectivity index (χ1n) is 7.23. The molecule has 2 aromatic rings. The minimum atomic E-state index is -0.0776. The van der Waals surface area contributed by atoms with Crippen LogP contribution < -0.4 is 0 Å². The van der Waals surface area contributed by atoms with Gasteiger partial charge in [0.25, 0.3) is 5.91 Å². The SMILES string of the molecule is COCCCN1C(=O)c2n[nH]c(C)c2C1c1ccc(Br)cc1. The molecule has 0 saturated heterocycles. The van der Waals surface area contributed by atoms with E-state index in [-0.39, 0.29) is 11.9 Å². The van der Waals surface area contributed by atoms with Gasteiger partial charge in [-0.25, -0.2) is 0 Å². The quantitative estimate of drug-likeness (QED) is 0.830. The molecule has 1 N–H and O–H groups in total. The summed E-state index contributed by atoms with van der Waals surface area (Å²) in [6.45, 7) is 3.26. The number of methoxy groups -OCH3 is 1. The Morgan fingerprint density at radius 2 is 2.09 bits per heavy atom. The Balaban J connectivity index is 1.98. The van der Waals surface area contributed by atoms with Gasteiger partial charge < -0.3 is 9.64 Å². The molecule has 0 aliphatic carbocycles. The zero-order valence-corrected chi connectivity index (χ0v) is 14.2. The Morgan fingerprint density at radius 3 is 2.77 bits per heavy atom. The van der Waals surface area contributed by atoms with Gasteiger partial charge in [0.2, 0.25) is 0 Å². The van der Waals surface area contributed by atoms with E-state index in [1.807, 2.05) is 36.1 Å². The van der Waals surface area contributed by atoms with Crippen LogP contribution in [0, 0.1) is 6.92 Å². The maximum absolute atomic E-state index is 12.6. The summed E-state index contributed by atoms with van der Waals surface area (Å²) in [5.74, 6) is -0.0108. The van der Waals surface area contributed by atoms with Crippen LogP contribution in [0.15, 0.2) is 28.7 Å². The second-order valence-corrected chi connectivity index (χ2v) is 6.33. The van der Waals surface area contributed by atoms with Gasteiger partial charge in [0.15, 0.2) is 5.69 Å². The number of carbonyl (C=O) groups is 1. The number of amides is 1. The van der Waals surface area contributed by atoms with Gasteiger partial charge in [-0.15, -0.1) is 0 Å². The largest absolute Gasteiger partial charge is 0.385 e. The van der Waals surface area contributed by atoms with Crippen LogP contribution >= 0.6 is 15.9 Å². The maximum atomic E-state index is 12.6. The predicted octanol–water partition coefficient (Wildman–Crippen LogP) is 3.06. The normalized spacial score (nSPS) is 17.1. The van der Waals surface area contributed by atoms with Gasteiger partial charge in [-0.1, -0.05) is 28.1 Å². The van der Waals surface area contributed by atoms with Crippen molar-refractivity contribution < 1.29 is 9.53 Å². The standard InChI is InChI=1S/C16H18BrN3O2/c1-10-13-14(19-18-10)16(21)20(8-3-9-22-2)15(13)11-4-6-12(17)7-5-11/h4-7,15H,3,8-9H2,1-2H3,(H,18,19). The van der Waals surface area contributed by atoms with Crippen LogP contribution in [0.3, 0.4) is 0 Å². The van der Waals surface area contributed by atoms with Crippen LogP contribution in [-0.2, 0) is 4.74 Å². The highest BCUT2D eigenvalue weighted by Gasteiger charge is 2.40. The van der Waals surface area contributed by atoms with Crippen LogP contribution in [0.1, 0.15) is 39.8 Å². The molecule has 0 bridgehead atoms. The summed E-state index contributed by atoms with van der Waals surface area (Å²) < 4.78 is 6.13. The number of aromatic nitrogens is 2. The van der Waals surface area contributed by atoms with E-state index in [1.165, 1.54) is 0 Å². The van der Waals surface area contributed by atoms with Crippen molar-refractivity contribution in [2.75, 3.05) is 20.3 Å². The van der Waals surface area contributed by atoms with Crippen LogP contribution in [-0.4, -0.2) is 41.3 Å². The third-order valence-corrected chi connectivity index (χ3v) is 4.50. The molecule has 0 radical (unpaired) electrons. The van der Waals surface area contributed by atoms with Gasteiger partial charge in [0, 0.05) is 36.0 Å². The Kier molecular flexibility index (Phi) is 4.31. The first kappa shape index (κ1) is 15.2. The lowest BCUT2D eigenvalue weighted by molar-refractivity contribution is 0.0723. The number of aromatic amines is 1. The molecule has 0 saturated carbocycles. The molecule has 2 heterocycles. The number of H-pyrrole nitrogens is 1. The van der Waals surface area contributed by atoms with Crippen molar-refractivity contribution in [2.45, 2.75) is 19.4 Å². The molecule has 1 aliphatic heterocycles. The van der Waals surface area contributed by atoms with Crippen molar-refractivity contribution in [1.82, 2.24) is 15.1 Å². The van der Waals surface area contributed by atoms with Crippen molar-refractivity contribution in [3.05, 3.63) is 51.3 Å². The summed E-state index contributed by atoms with van der Waals surface area (Å²) in [6.07, 6.45) is 0.808. The summed E-state index contributed by atoms with van der Waals surface area (Å²) in [5.41, 5.74) is 3.58. The van der Waals surface area contributed by atoms with E-state index in [0.29, 0.717) is 18.8 Å². The second kappa shape index (κ2) is 6.22. The van der Waals surface area contributed by atoms with E-state index in [4.69, 9.17) is 4.74 Å². The number of benzene rings is 1. The number of aryl methyl sites for hydroxylation is 1. The summed E-state index contributed by atoms with van der Waals surface area (Å²) in [4.78, 5) is 14.5. The smallest absolute Gasteiger partial charge is 0.275 e. The minimum Gasteiger partial charge on any atom is -0.385 e. The van der Waals surface area contributed by atoms with E-state index in [1.54, 1.807) is 7.11 Å². The number of hydrogen-bond donors (Lipinski definition) is 1. The van der Waals surface area contributed by atoms with Crippen molar-refractivity contribution in [3.63, 3.8) is 0 Å². The number of fused-ring (bicyclic) bond motifs is 1. The van der Waals surface area contributed by atoms with Gasteiger partial charge in [-0.05, 0) is 31.0 Å². The van der Waals surface area contributed by atoms with E-state index in [2.05, 4.69) is 26.1 Å². The number of nitrogens with one attached hydrogen (secondary N) is 1. The molecule has 1 aromatic heterocycles. The third kappa shape index (κ3) is 2.57. The fourth-order valence-corrected chi connectivity index (χ4v) is 3.21. The Morgan fingerprint density at radius 1 is 1.36 bits per heavy atom. The Labute approximate surface area is 137 Å². The molecule has 1 atom stereocenters. The molecule has 0 spiro atoms. The molecule has 1 aromatic carbocycles. The predicted molar refractivity (Wildman–Crippen MR) is 86.8 cm³/mol. The molecule has 22 heavy (non-hydrogen) atoms. The summed E-state index contributed by atoms with van der Waals surface area (Å²) >= 11 is 3.46. The zero-order chi connectivity index (χ0) is 15.7. The van der Waals surface area contributed by atoms with Crippen molar-refractivity contribution in [2.24, 2.45) is 0 Å². The molecule has 5 nitrogen and oxygen atoms in total. The fourth-order valence-electron chi connectivity index (χ4n) is 2.95. The first-order chi connectivity index (χ1) is 10.6. The zero-order valence-electron chi connectivity index (χ0n) is 12.6. The molecule has 3 rings (SSSR count). The summed E-state index contributed by atoms with van der Waals surface area (Å²) in [5, 5.41) is 7.13. The first-order valence-corrected chi connectivity index (χ1v) is 8.03. The van der Waals surface area contributed by atoms with Crippen LogP contribution in [0.5, 0.6) is 0 Å². The van der Waals surface area contributed by atoms with Gasteiger partial charge in [0.1, 0.15) is 0 Å². The van der Waals surface area contributed by atoms with Crippen molar-refractivity contribution in [3.8, 4) is 0 Å². The van der Waals surface area contributed by atoms with E-state index in [0.717, 1.165) is 27.7 Å². The fraction of sp³-hybridized carbons (Fsp3) is 0.375. The van der Waals surface area contributed by atoms with Gasteiger partial charge in [-0.3, -0.25) is 9.89 Å². The van der Waals surface area contributed by atoms with Gasteiger partial charge in [-0.2, -0.15) is 5.10 Å². The Bertz CT molecular complexity index is 681.